The van der Waals surface area contributed by atoms with Crippen LogP contribution < -0.4 is 11.2 Å². The quantitative estimate of drug-likeness (QED) is 0.512. The number of carbonyl (C=O) groups excluding carboxylic acids is 2. The summed E-state index contributed by atoms with van der Waals surface area (Å²) >= 11 is 11.7. The zero-order chi connectivity index (χ0) is 24.2. The molecule has 9 nitrogen and oxygen atoms in total. The van der Waals surface area contributed by atoms with E-state index in [-0.39, 0.29) is 24.2 Å². The number of hydrogen-bond acceptors (Lipinski definition) is 7. The van der Waals surface area contributed by atoms with Gasteiger partial charge in [0, 0.05) is 28.7 Å². The van der Waals surface area contributed by atoms with E-state index in [0.717, 1.165) is 4.57 Å². The van der Waals surface area contributed by atoms with Crippen LogP contribution in [-0.4, -0.2) is 40.3 Å². The fraction of sp³-hybridized carbons (Fsp3) is 0.217. The van der Waals surface area contributed by atoms with Crippen molar-refractivity contribution >= 4 is 35.1 Å². The molecule has 11 heteroatoms. The molecule has 1 saturated heterocycles. The van der Waals surface area contributed by atoms with Crippen LogP contribution >= 0.6 is 23.2 Å². The topological polar surface area (TPSA) is 117 Å². The van der Waals surface area contributed by atoms with Crippen molar-refractivity contribution in [3.05, 3.63) is 103 Å². The lowest BCUT2D eigenvalue weighted by atomic mass is 10.1. The van der Waals surface area contributed by atoms with Crippen LogP contribution in [0.4, 0.5) is 0 Å². The number of halogens is 2. The molecule has 176 valence electrons. The maximum Gasteiger partial charge on any atom is 0.338 e. The maximum absolute atomic E-state index is 12.6. The SMILES string of the molecule is O=C(OC[C@@H]1O[C@H](n2c(=O)cc[nH]c2=O)CC1OC(=O)c1ccc(Cl)cc1)c1ccc(Cl)cc1. The van der Waals surface area contributed by atoms with Gasteiger partial charge in [0.15, 0.2) is 0 Å². The van der Waals surface area contributed by atoms with E-state index in [1.165, 1.54) is 36.5 Å². The van der Waals surface area contributed by atoms with Crippen LogP contribution in [0.1, 0.15) is 33.4 Å². The van der Waals surface area contributed by atoms with Crippen molar-refractivity contribution in [2.24, 2.45) is 0 Å². The molecule has 0 saturated carbocycles. The third kappa shape index (κ3) is 5.39. The Morgan fingerprint density at radius 3 is 2.12 bits per heavy atom. The van der Waals surface area contributed by atoms with Crippen LogP contribution in [0, 0.1) is 0 Å². The van der Waals surface area contributed by atoms with Gasteiger partial charge in [0.05, 0.1) is 11.1 Å². The van der Waals surface area contributed by atoms with Gasteiger partial charge in [0.25, 0.3) is 5.56 Å². The van der Waals surface area contributed by atoms with Crippen molar-refractivity contribution in [3.8, 4) is 0 Å². The van der Waals surface area contributed by atoms with Gasteiger partial charge in [-0.3, -0.25) is 4.79 Å². The van der Waals surface area contributed by atoms with E-state index in [0.29, 0.717) is 10.0 Å². The predicted molar refractivity (Wildman–Crippen MR) is 122 cm³/mol. The molecule has 3 aromatic rings. The number of aromatic amines is 1. The van der Waals surface area contributed by atoms with E-state index in [4.69, 9.17) is 37.4 Å². The van der Waals surface area contributed by atoms with Crippen LogP contribution in [-0.2, 0) is 14.2 Å². The first-order valence-corrected chi connectivity index (χ1v) is 10.9. The van der Waals surface area contributed by atoms with Crippen LogP contribution in [0.5, 0.6) is 0 Å². The second-order valence-corrected chi connectivity index (χ2v) is 8.28. The Morgan fingerprint density at radius 1 is 0.941 bits per heavy atom. The van der Waals surface area contributed by atoms with Gasteiger partial charge in [-0.25, -0.2) is 19.0 Å². The highest BCUT2D eigenvalue weighted by Crippen LogP contribution is 2.30. The van der Waals surface area contributed by atoms with Crippen LogP contribution in [0.25, 0.3) is 0 Å². The Bertz CT molecular complexity index is 1270. The van der Waals surface area contributed by atoms with Crippen molar-refractivity contribution in [1.82, 2.24) is 9.55 Å². The number of nitrogens with one attached hydrogen (secondary N) is 1. The zero-order valence-corrected chi connectivity index (χ0v) is 19.0. The van der Waals surface area contributed by atoms with E-state index < -0.39 is 41.6 Å². The van der Waals surface area contributed by atoms with Gasteiger partial charge in [-0.15, -0.1) is 0 Å². The van der Waals surface area contributed by atoms with Gasteiger partial charge in [0.2, 0.25) is 0 Å². The van der Waals surface area contributed by atoms with Gasteiger partial charge >= 0.3 is 17.6 Å². The van der Waals surface area contributed by atoms with Gasteiger partial charge in [-0.05, 0) is 48.5 Å². The fourth-order valence-corrected chi connectivity index (χ4v) is 3.71. The molecule has 2 heterocycles. The molecular formula is C23H18Cl2N2O7. The number of rotatable bonds is 6. The standard InChI is InChI=1S/C23H18Cl2N2O7/c24-15-5-1-13(2-6-15)21(29)32-12-18-17(34-22(30)14-3-7-16(25)8-4-14)11-20(33-18)27-19(28)9-10-26-23(27)31/h1-10,17-18,20H,11-12H2,(H,26,31)/t17?,18-,20-/m0/s1. The molecule has 1 aliphatic heterocycles. The van der Waals surface area contributed by atoms with Crippen molar-refractivity contribution < 1.29 is 23.8 Å². The third-order valence-electron chi connectivity index (χ3n) is 5.15. The molecule has 1 fully saturated rings. The Kier molecular flexibility index (Phi) is 7.16. The largest absolute Gasteiger partial charge is 0.459 e. The number of esters is 2. The third-order valence-corrected chi connectivity index (χ3v) is 5.66. The minimum absolute atomic E-state index is 0.00447. The van der Waals surface area contributed by atoms with E-state index in [9.17, 15) is 19.2 Å². The highest BCUT2D eigenvalue weighted by atomic mass is 35.5. The van der Waals surface area contributed by atoms with Gasteiger partial charge in [-0.2, -0.15) is 0 Å². The van der Waals surface area contributed by atoms with Crippen molar-refractivity contribution in [3.63, 3.8) is 0 Å². The fourth-order valence-electron chi connectivity index (χ4n) is 3.46. The molecule has 0 aliphatic carbocycles. The molecule has 0 bridgehead atoms. The molecule has 0 radical (unpaired) electrons. The molecule has 1 aliphatic rings. The number of hydrogen-bond donors (Lipinski definition) is 1. The number of nitrogens with zero attached hydrogens (tertiary/aromatic N) is 1. The summed E-state index contributed by atoms with van der Waals surface area (Å²) in [5, 5.41) is 0.918. The average Bonchev–Trinajstić information content (AvgIpc) is 3.20. The average molecular weight is 505 g/mol. The van der Waals surface area contributed by atoms with Crippen molar-refractivity contribution in [2.75, 3.05) is 6.61 Å². The van der Waals surface area contributed by atoms with Crippen molar-refractivity contribution in [1.29, 1.82) is 0 Å². The van der Waals surface area contributed by atoms with Gasteiger partial charge < -0.3 is 19.2 Å². The first-order chi connectivity index (χ1) is 16.3. The number of ether oxygens (including phenoxy) is 3. The van der Waals surface area contributed by atoms with E-state index in [2.05, 4.69) is 4.98 Å². The molecule has 1 N–H and O–H groups in total. The summed E-state index contributed by atoms with van der Waals surface area (Å²) in [5.41, 5.74) is -0.752. The molecular weight excluding hydrogens is 487 g/mol. The predicted octanol–water partition coefficient (Wildman–Crippen LogP) is 3.21. The Hall–Kier alpha value is -3.40. The van der Waals surface area contributed by atoms with Crippen LogP contribution in [0.15, 0.2) is 70.4 Å². The minimum Gasteiger partial charge on any atom is -0.459 e. The second-order valence-electron chi connectivity index (χ2n) is 7.41. The summed E-state index contributed by atoms with van der Waals surface area (Å²) in [7, 11) is 0. The Labute approximate surface area is 202 Å². The summed E-state index contributed by atoms with van der Waals surface area (Å²) in [6.45, 7) is -0.282. The molecule has 2 aromatic carbocycles. The molecule has 0 amide bonds. The maximum atomic E-state index is 12.6. The van der Waals surface area contributed by atoms with E-state index in [1.807, 2.05) is 0 Å². The lowest BCUT2D eigenvalue weighted by Crippen LogP contribution is -2.37. The van der Waals surface area contributed by atoms with E-state index in [1.54, 1.807) is 24.3 Å². The van der Waals surface area contributed by atoms with Gasteiger partial charge in [-0.1, -0.05) is 23.2 Å². The lowest BCUT2D eigenvalue weighted by molar-refractivity contribution is -0.0589. The molecule has 0 spiro atoms. The summed E-state index contributed by atoms with van der Waals surface area (Å²) in [4.78, 5) is 51.9. The summed E-state index contributed by atoms with van der Waals surface area (Å²) in [6.07, 6.45) is -1.64. The lowest BCUT2D eigenvalue weighted by Gasteiger charge is -2.19. The van der Waals surface area contributed by atoms with Gasteiger partial charge in [0.1, 0.15) is 25.0 Å². The molecule has 3 atom stereocenters. The normalized spacial score (nSPS) is 19.5. The summed E-state index contributed by atoms with van der Waals surface area (Å²) in [6, 6.07) is 13.4. The molecule has 4 rings (SSSR count). The molecule has 1 unspecified atom stereocenters. The number of carbonyl (C=O) groups is 2. The monoisotopic (exact) mass is 504 g/mol. The Balaban J connectivity index is 1.52. The Morgan fingerprint density at radius 2 is 1.53 bits per heavy atom. The molecule has 34 heavy (non-hydrogen) atoms. The minimum atomic E-state index is -1.03. The zero-order valence-electron chi connectivity index (χ0n) is 17.5. The number of aromatic nitrogens is 2. The number of benzene rings is 2. The van der Waals surface area contributed by atoms with Crippen molar-refractivity contribution in [2.45, 2.75) is 24.9 Å². The summed E-state index contributed by atoms with van der Waals surface area (Å²) in [5.74, 6) is -1.30. The van der Waals surface area contributed by atoms with Crippen LogP contribution in [0.3, 0.4) is 0 Å². The highest BCUT2D eigenvalue weighted by molar-refractivity contribution is 6.31. The summed E-state index contributed by atoms with van der Waals surface area (Å²) < 4.78 is 17.6. The molecule has 1 aromatic heterocycles. The van der Waals surface area contributed by atoms with Crippen LogP contribution in [0.2, 0.25) is 10.0 Å². The first-order valence-electron chi connectivity index (χ1n) is 10.2. The highest BCUT2D eigenvalue weighted by Gasteiger charge is 2.41. The van der Waals surface area contributed by atoms with E-state index >= 15 is 0 Å². The second kappa shape index (κ2) is 10.3. The number of H-pyrrole nitrogens is 1. The smallest absolute Gasteiger partial charge is 0.338 e. The first kappa shape index (κ1) is 23.7.